The number of methoxy groups -OCH3 is 1. The van der Waals surface area contributed by atoms with Gasteiger partial charge in [-0.25, -0.2) is 0 Å². The average Bonchev–Trinajstić information content (AvgIpc) is 2.85. The number of fused-ring (bicyclic) bond motifs is 4. The van der Waals surface area contributed by atoms with Crippen molar-refractivity contribution in [1.29, 1.82) is 0 Å². The third-order valence-corrected chi connectivity index (χ3v) is 7.19. The Morgan fingerprint density at radius 2 is 1.88 bits per heavy atom. The van der Waals surface area contributed by atoms with Crippen LogP contribution in [0.5, 0.6) is 5.75 Å². The summed E-state index contributed by atoms with van der Waals surface area (Å²) in [4.78, 5) is 31.6. The number of ether oxygens (including phenoxy) is 1. The molecule has 2 fully saturated rings. The van der Waals surface area contributed by atoms with E-state index in [-0.39, 0.29) is 11.5 Å². The zero-order valence-corrected chi connectivity index (χ0v) is 19.2. The average molecular weight is 449 g/mol. The maximum absolute atomic E-state index is 12.7. The Balaban J connectivity index is 1.12. The van der Waals surface area contributed by atoms with E-state index in [1.807, 2.05) is 39.8 Å². The number of hydrogen-bond acceptors (Lipinski definition) is 5. The fourth-order valence-corrected chi connectivity index (χ4v) is 5.54. The molecule has 2 saturated heterocycles. The van der Waals surface area contributed by atoms with Gasteiger partial charge in [0.2, 0.25) is 5.91 Å². The van der Waals surface area contributed by atoms with Crippen LogP contribution in [0.2, 0.25) is 0 Å². The van der Waals surface area contributed by atoms with Crippen LogP contribution in [0.1, 0.15) is 18.0 Å². The number of pyridine rings is 1. The van der Waals surface area contributed by atoms with Gasteiger partial charge in [-0.05, 0) is 30.5 Å². The first kappa shape index (κ1) is 21.8. The molecule has 0 aliphatic carbocycles. The summed E-state index contributed by atoms with van der Waals surface area (Å²) in [5, 5.41) is 0. The number of hydrogen-bond donors (Lipinski definition) is 0. The summed E-state index contributed by atoms with van der Waals surface area (Å²) >= 11 is 0. The maximum atomic E-state index is 12.7. The van der Waals surface area contributed by atoms with Gasteiger partial charge in [-0.2, -0.15) is 0 Å². The first-order valence-corrected chi connectivity index (χ1v) is 11.9. The predicted molar refractivity (Wildman–Crippen MR) is 129 cm³/mol. The number of benzene rings is 1. The predicted octanol–water partition coefficient (Wildman–Crippen LogP) is 2.18. The Kier molecular flexibility index (Phi) is 6.22. The number of piperazine rings is 1. The van der Waals surface area contributed by atoms with Crippen molar-refractivity contribution in [3.8, 4) is 5.75 Å². The molecule has 2 unspecified atom stereocenters. The van der Waals surface area contributed by atoms with Crippen molar-refractivity contribution in [2.24, 2.45) is 5.92 Å². The van der Waals surface area contributed by atoms with E-state index in [9.17, 15) is 9.59 Å². The molecule has 1 aromatic heterocycles. The Morgan fingerprint density at radius 3 is 2.70 bits per heavy atom. The number of carbonyl (C=O) groups excluding carboxylic acids is 1. The molecule has 0 saturated carbocycles. The van der Waals surface area contributed by atoms with E-state index >= 15 is 0 Å². The molecule has 2 aromatic rings. The normalized spacial score (nSPS) is 22.9. The molecule has 3 aliphatic rings. The lowest BCUT2D eigenvalue weighted by Gasteiger charge is -2.42. The van der Waals surface area contributed by atoms with E-state index in [1.165, 1.54) is 0 Å². The van der Waals surface area contributed by atoms with Gasteiger partial charge in [0.05, 0.1) is 7.11 Å². The summed E-state index contributed by atoms with van der Waals surface area (Å²) in [7, 11) is 1.68. The van der Waals surface area contributed by atoms with E-state index in [4.69, 9.17) is 4.74 Å². The van der Waals surface area contributed by atoms with Crippen molar-refractivity contribution in [2.75, 3.05) is 57.8 Å². The molecule has 7 nitrogen and oxygen atoms in total. The number of carbonyl (C=O) groups is 1. The molecule has 2 atom stereocenters. The van der Waals surface area contributed by atoms with Crippen LogP contribution < -0.4 is 15.2 Å². The molecule has 7 heteroatoms. The third kappa shape index (κ3) is 4.69. The van der Waals surface area contributed by atoms with Crippen LogP contribution in [0.15, 0.2) is 59.4 Å². The van der Waals surface area contributed by atoms with Gasteiger partial charge in [-0.3, -0.25) is 14.5 Å². The molecule has 174 valence electrons. The number of aromatic nitrogens is 1. The van der Waals surface area contributed by atoms with Gasteiger partial charge in [0, 0.05) is 87.9 Å². The standard InChI is InChI=1S/C26H32N4O3/c1-33-23-6-2-5-22(16-23)28-11-13-29(14-12-28)25(31)9-4-10-27-17-20-15-21(19-27)24-7-3-8-26(32)30(24)18-20/h2-9,16,20-21H,10-15,17-19H2,1H3. The summed E-state index contributed by atoms with van der Waals surface area (Å²) < 4.78 is 7.29. The van der Waals surface area contributed by atoms with Gasteiger partial charge in [-0.15, -0.1) is 0 Å². The minimum atomic E-state index is 0.0920. The van der Waals surface area contributed by atoms with Gasteiger partial charge in [0.25, 0.3) is 5.56 Å². The summed E-state index contributed by atoms with van der Waals surface area (Å²) in [5.74, 6) is 1.85. The number of nitrogens with zero attached hydrogens (tertiary/aromatic N) is 4. The van der Waals surface area contributed by atoms with Crippen LogP contribution in [0.4, 0.5) is 5.69 Å². The molecule has 1 aromatic carbocycles. The second kappa shape index (κ2) is 9.43. The second-order valence-corrected chi connectivity index (χ2v) is 9.33. The number of amides is 1. The zero-order valence-electron chi connectivity index (χ0n) is 19.2. The Labute approximate surface area is 194 Å². The van der Waals surface area contributed by atoms with Crippen LogP contribution >= 0.6 is 0 Å². The number of rotatable bonds is 5. The largest absolute Gasteiger partial charge is 0.497 e. The van der Waals surface area contributed by atoms with Gasteiger partial charge in [0.15, 0.2) is 0 Å². The highest BCUT2D eigenvalue weighted by molar-refractivity contribution is 5.87. The summed E-state index contributed by atoms with van der Waals surface area (Å²) in [6.07, 6.45) is 4.90. The highest BCUT2D eigenvalue weighted by atomic mass is 16.5. The maximum Gasteiger partial charge on any atom is 0.250 e. The molecule has 33 heavy (non-hydrogen) atoms. The van der Waals surface area contributed by atoms with Gasteiger partial charge < -0.3 is 19.1 Å². The van der Waals surface area contributed by atoms with Crippen LogP contribution in [-0.4, -0.2) is 73.2 Å². The fraction of sp³-hybridized carbons (Fsp3) is 0.462. The van der Waals surface area contributed by atoms with Crippen molar-refractivity contribution in [2.45, 2.75) is 18.9 Å². The number of piperidine rings is 1. The molecule has 0 radical (unpaired) electrons. The van der Waals surface area contributed by atoms with E-state index in [0.29, 0.717) is 11.8 Å². The van der Waals surface area contributed by atoms with Gasteiger partial charge in [0.1, 0.15) is 5.75 Å². The SMILES string of the molecule is COc1cccc(N2CCN(C(=O)C=CCN3CC4CC(C3)c3cccc(=O)n3C4)CC2)c1. The molecule has 4 heterocycles. The smallest absolute Gasteiger partial charge is 0.250 e. The molecule has 5 rings (SSSR count). The van der Waals surface area contributed by atoms with Crippen molar-refractivity contribution in [3.05, 3.63) is 70.7 Å². The highest BCUT2D eigenvalue weighted by Gasteiger charge is 2.34. The van der Waals surface area contributed by atoms with Gasteiger partial charge >= 0.3 is 0 Å². The molecule has 3 aliphatic heterocycles. The minimum absolute atomic E-state index is 0.0920. The van der Waals surface area contributed by atoms with E-state index < -0.39 is 0 Å². The van der Waals surface area contributed by atoms with Crippen molar-refractivity contribution < 1.29 is 9.53 Å². The molecule has 1 amide bonds. The molecular formula is C26H32N4O3. The quantitative estimate of drug-likeness (QED) is 0.657. The highest BCUT2D eigenvalue weighted by Crippen LogP contribution is 2.34. The number of likely N-dealkylation sites (tertiary alicyclic amines) is 1. The minimum Gasteiger partial charge on any atom is -0.497 e. The topological polar surface area (TPSA) is 58.0 Å². The molecule has 0 N–H and O–H groups in total. The first-order chi connectivity index (χ1) is 16.1. The number of anilines is 1. The van der Waals surface area contributed by atoms with Gasteiger partial charge in [-0.1, -0.05) is 18.2 Å². The van der Waals surface area contributed by atoms with Crippen LogP contribution in [0.25, 0.3) is 0 Å². The van der Waals surface area contributed by atoms with Crippen LogP contribution in [0, 0.1) is 5.92 Å². The fourth-order valence-electron chi connectivity index (χ4n) is 5.54. The lowest BCUT2D eigenvalue weighted by Crippen LogP contribution is -2.48. The third-order valence-electron chi connectivity index (χ3n) is 7.19. The molecular weight excluding hydrogens is 416 g/mol. The molecule has 0 spiro atoms. The van der Waals surface area contributed by atoms with Crippen LogP contribution in [0.3, 0.4) is 0 Å². The van der Waals surface area contributed by atoms with E-state index in [2.05, 4.69) is 21.9 Å². The van der Waals surface area contributed by atoms with Crippen LogP contribution in [-0.2, 0) is 11.3 Å². The summed E-state index contributed by atoms with van der Waals surface area (Å²) in [6, 6.07) is 13.7. The first-order valence-electron chi connectivity index (χ1n) is 11.9. The van der Waals surface area contributed by atoms with E-state index in [1.54, 1.807) is 19.3 Å². The summed E-state index contributed by atoms with van der Waals surface area (Å²) in [6.45, 7) is 6.59. The van der Waals surface area contributed by atoms with Crippen molar-refractivity contribution >= 4 is 11.6 Å². The lowest BCUT2D eigenvalue weighted by atomic mass is 9.83. The zero-order chi connectivity index (χ0) is 22.8. The van der Waals surface area contributed by atoms with Crippen molar-refractivity contribution in [1.82, 2.24) is 14.4 Å². The Hall–Kier alpha value is -3.06. The Morgan fingerprint density at radius 1 is 1.06 bits per heavy atom. The monoisotopic (exact) mass is 448 g/mol. The van der Waals surface area contributed by atoms with E-state index in [0.717, 1.165) is 75.9 Å². The van der Waals surface area contributed by atoms with Crippen molar-refractivity contribution in [3.63, 3.8) is 0 Å². The lowest BCUT2D eigenvalue weighted by molar-refractivity contribution is -0.126. The molecule has 2 bridgehead atoms. The Bertz CT molecular complexity index is 1090. The summed E-state index contributed by atoms with van der Waals surface area (Å²) in [5.41, 5.74) is 2.42. The second-order valence-electron chi connectivity index (χ2n) is 9.33.